The van der Waals surface area contributed by atoms with E-state index in [-0.39, 0.29) is 103 Å². The van der Waals surface area contributed by atoms with E-state index in [0.29, 0.717) is 87.1 Å². The number of carbonyl (C=O) groups is 11. The summed E-state index contributed by atoms with van der Waals surface area (Å²) in [7, 11) is 10.1. The highest BCUT2D eigenvalue weighted by Crippen LogP contribution is 2.41. The van der Waals surface area contributed by atoms with Crippen molar-refractivity contribution in [2.24, 2.45) is 14.1 Å². The van der Waals surface area contributed by atoms with E-state index < -0.39 is 65.3 Å². The number of nitrogens with zero attached hydrogens (tertiary/aromatic N) is 9. The van der Waals surface area contributed by atoms with Crippen LogP contribution >= 0.6 is 0 Å². The normalized spacial score (nSPS) is 16.8. The van der Waals surface area contributed by atoms with Crippen molar-refractivity contribution in [3.8, 4) is 56.8 Å². The highest BCUT2D eigenvalue weighted by Gasteiger charge is 2.48. The fourth-order valence-corrected chi connectivity index (χ4v) is 14.6. The lowest BCUT2D eigenvalue weighted by Crippen LogP contribution is -2.54. The number of hydrogen-bond acceptors (Lipinski definition) is 24. The molecule has 2 atom stereocenters. The number of nitrogens with one attached hydrogen (secondary N) is 3. The fraction of sp³-hybridized carbons (Fsp3) is 0.370. The molecule has 0 aliphatic carbocycles. The summed E-state index contributed by atoms with van der Waals surface area (Å²) in [6.45, 7) is 7.96. The molecule has 10 heterocycles. The molecule has 33 nitrogen and oxygen atoms in total. The van der Waals surface area contributed by atoms with Crippen molar-refractivity contribution < 1.29 is 91.4 Å². The second kappa shape index (κ2) is 37.5. The van der Waals surface area contributed by atoms with E-state index in [1.54, 1.807) is 101 Å². The monoisotopic (exact) mass is 1560 g/mol. The molecule has 33 heteroatoms. The van der Waals surface area contributed by atoms with Gasteiger partial charge in [0.05, 0.1) is 85.8 Å². The number of pyridine rings is 4. The predicted molar refractivity (Wildman–Crippen MR) is 412 cm³/mol. The lowest BCUT2D eigenvalue weighted by molar-refractivity contribution is -0.138. The first-order chi connectivity index (χ1) is 55.0. The fourth-order valence-electron chi connectivity index (χ4n) is 14.6. The Labute approximate surface area is 653 Å². The van der Waals surface area contributed by atoms with Crippen molar-refractivity contribution in [3.05, 3.63) is 164 Å². The van der Waals surface area contributed by atoms with Gasteiger partial charge in [0.15, 0.2) is 0 Å². The van der Waals surface area contributed by atoms with Crippen LogP contribution in [-0.2, 0) is 60.7 Å². The van der Waals surface area contributed by atoms with Crippen LogP contribution in [0.4, 0.5) is 0 Å². The number of unbranched alkanes of at least 4 members (excludes halogenated alkanes) is 2. The Balaban J connectivity index is 0.000000182. The summed E-state index contributed by atoms with van der Waals surface area (Å²) in [5, 5.41) is 26.0. The Kier molecular flexibility index (Phi) is 27.1. The Morgan fingerprint density at radius 1 is 0.509 bits per heavy atom. The number of hydrogen-bond donors (Lipinski definition) is 5. The number of fused-ring (bicyclic) bond motifs is 4. The molecule has 4 fully saturated rings. The first-order valence-electron chi connectivity index (χ1n) is 37.1. The number of aromatic nitrogens is 4. The molecule has 0 bridgehead atoms. The van der Waals surface area contributed by atoms with Crippen LogP contribution in [0.25, 0.3) is 43.8 Å². The average Bonchev–Trinajstić information content (AvgIpc) is 1.19. The molecule has 14 rings (SSSR count). The Morgan fingerprint density at radius 3 is 1.31 bits per heavy atom. The second-order valence-electron chi connectivity index (χ2n) is 27.5. The number of methoxy groups -OCH3 is 4. The number of ether oxygens (including phenoxy) is 6. The Morgan fingerprint density at radius 2 is 0.912 bits per heavy atom. The molecule has 2 unspecified atom stereocenters. The number of piperidine rings is 2. The van der Waals surface area contributed by atoms with Crippen LogP contribution in [0.5, 0.6) is 34.5 Å². The summed E-state index contributed by atoms with van der Waals surface area (Å²) in [6, 6.07) is 18.9. The summed E-state index contributed by atoms with van der Waals surface area (Å²) in [5.74, 6) is -2.13. The number of aliphatic carboxylic acids is 1. The van der Waals surface area contributed by atoms with Gasteiger partial charge in [-0.25, -0.2) is 0 Å². The third-order valence-corrected chi connectivity index (χ3v) is 20.5. The van der Waals surface area contributed by atoms with Gasteiger partial charge >= 0.3 is 5.97 Å². The molecule has 0 saturated carbocycles. The van der Waals surface area contributed by atoms with Crippen molar-refractivity contribution in [3.63, 3.8) is 0 Å². The molecule has 8 aromatic rings. The van der Waals surface area contributed by atoms with E-state index in [1.165, 1.54) is 12.1 Å². The maximum absolute atomic E-state index is 13.3. The third kappa shape index (κ3) is 18.2. The molecular weight excluding hydrogens is 1480 g/mol. The van der Waals surface area contributed by atoms with Crippen molar-refractivity contribution in [1.29, 1.82) is 0 Å². The molecule has 6 aliphatic heterocycles. The van der Waals surface area contributed by atoms with E-state index >= 15 is 0 Å². The number of carboxylic acids is 1. The van der Waals surface area contributed by atoms with Crippen molar-refractivity contribution >= 4 is 87.2 Å². The molecule has 598 valence electrons. The molecule has 114 heavy (non-hydrogen) atoms. The lowest BCUT2D eigenvalue weighted by atomic mass is 9.99. The molecule has 9 amide bonds. The number of imide groups is 4. The molecule has 4 aromatic carbocycles. The van der Waals surface area contributed by atoms with Crippen LogP contribution in [0.3, 0.4) is 0 Å². The second-order valence-corrected chi connectivity index (χ2v) is 27.5. The standard InChI is InChI=1S/C40H42N6O9.C22H26N4O3.C18H18N2O7.CH2O2/c1-43-22-28(25-12-13-41-21-27(25)38(43)50)24-19-32(53-2)29(33(20-24)54-3)23-44-14-16-45(17-15-44)35(48)9-4-5-18-55-31-8-6-7-26-36(31)40(52)46(39(26)51)30-10-11-34(47)42-37(30)49;1-25-13-18(16-4-5-24-12-17(16)22(25)27)15-10-20(28-2)19(21(11-15)29-3)14-26-8-6-23-7-9-26;21-13-8-7-11(16(24)19-13)20-17(25)10-4-3-5-12(15(10)18(20)26)27-9-2-1-6-14(22)23;2-1-3/h6-8,12-13,19-22,30H,4-5,9-11,14-18,23H2,1-3H3,(H,42,47,49);4-5,10-13,23H,6-9,14H2,1-3H3;3-5,11H,1-2,6-9H2,(H,22,23)(H,19,21,24);1H,(H,2,3). The average molecular weight is 1570 g/mol. The van der Waals surface area contributed by atoms with Gasteiger partial charge in [-0.1, -0.05) is 12.1 Å². The van der Waals surface area contributed by atoms with Crippen molar-refractivity contribution in [1.82, 2.24) is 59.6 Å². The molecule has 5 N–H and O–H groups in total. The topological polar surface area (TPSA) is 406 Å². The van der Waals surface area contributed by atoms with Gasteiger partial charge in [-0.15, -0.1) is 0 Å². The Hall–Kier alpha value is -12.8. The van der Waals surface area contributed by atoms with E-state index in [1.807, 2.05) is 53.7 Å². The summed E-state index contributed by atoms with van der Waals surface area (Å²) in [5.41, 5.74) is 5.82. The maximum Gasteiger partial charge on any atom is 0.303 e. The molecular formula is C81H88N12O21. The van der Waals surface area contributed by atoms with Crippen LogP contribution in [0.15, 0.2) is 120 Å². The van der Waals surface area contributed by atoms with E-state index in [4.69, 9.17) is 43.4 Å². The summed E-state index contributed by atoms with van der Waals surface area (Å²) >= 11 is 0. The summed E-state index contributed by atoms with van der Waals surface area (Å²) in [4.78, 5) is 173. The smallest absolute Gasteiger partial charge is 0.303 e. The van der Waals surface area contributed by atoms with Crippen LogP contribution in [0, 0.1) is 0 Å². The van der Waals surface area contributed by atoms with Gasteiger partial charge in [-0.2, -0.15) is 0 Å². The number of carbonyl (C=O) groups excluding carboxylic acids is 9. The highest BCUT2D eigenvalue weighted by molar-refractivity contribution is 6.25. The number of piperazine rings is 2. The van der Waals surface area contributed by atoms with Gasteiger partial charge in [0.1, 0.15) is 46.6 Å². The van der Waals surface area contributed by atoms with E-state index in [9.17, 15) is 57.5 Å². The number of rotatable bonds is 24. The van der Waals surface area contributed by atoms with Crippen molar-refractivity contribution in [2.75, 3.05) is 94.0 Å². The minimum absolute atomic E-state index is 0.0248. The lowest BCUT2D eigenvalue weighted by Gasteiger charge is -2.35. The zero-order chi connectivity index (χ0) is 81.4. The van der Waals surface area contributed by atoms with Gasteiger partial charge < -0.3 is 58.0 Å². The van der Waals surface area contributed by atoms with Gasteiger partial charge in [-0.05, 0) is 121 Å². The van der Waals surface area contributed by atoms with Gasteiger partial charge in [0.2, 0.25) is 29.5 Å². The Bertz CT molecular complexity index is 5130. The van der Waals surface area contributed by atoms with E-state index in [0.717, 1.165) is 98.2 Å². The van der Waals surface area contributed by atoms with Gasteiger partial charge in [-0.3, -0.25) is 103 Å². The number of amides is 9. The number of benzene rings is 4. The molecule has 6 aliphatic rings. The van der Waals surface area contributed by atoms with Crippen LogP contribution < -0.4 is 55.5 Å². The largest absolute Gasteiger partial charge is 0.496 e. The highest BCUT2D eigenvalue weighted by atomic mass is 16.5. The van der Waals surface area contributed by atoms with Crippen molar-refractivity contribution in [2.45, 2.75) is 89.4 Å². The van der Waals surface area contributed by atoms with Crippen LogP contribution in [0.2, 0.25) is 0 Å². The maximum atomic E-state index is 13.3. The third-order valence-electron chi connectivity index (χ3n) is 20.5. The molecule has 4 saturated heterocycles. The van der Waals surface area contributed by atoms with Gasteiger partial charge in [0, 0.05) is 154 Å². The first-order valence-corrected chi connectivity index (χ1v) is 37.1. The number of aryl methyl sites for hydroxylation is 2. The zero-order valence-corrected chi connectivity index (χ0v) is 63.9. The molecule has 4 aromatic heterocycles. The number of carboxylic acid groups (broad SMARTS) is 2. The quantitative estimate of drug-likeness (QED) is 0.0289. The van der Waals surface area contributed by atoms with Gasteiger partial charge in [0.25, 0.3) is 41.2 Å². The molecule has 0 spiro atoms. The first kappa shape index (κ1) is 82.2. The van der Waals surface area contributed by atoms with E-state index in [2.05, 4.69) is 35.7 Å². The predicted octanol–water partition coefficient (Wildman–Crippen LogP) is 5.36. The minimum atomic E-state index is -1.05. The van der Waals surface area contributed by atoms with Crippen LogP contribution in [0.1, 0.15) is 117 Å². The zero-order valence-electron chi connectivity index (χ0n) is 63.9. The summed E-state index contributed by atoms with van der Waals surface area (Å²) in [6.07, 6.45) is 12.9. The molecule has 0 radical (unpaired) electrons. The summed E-state index contributed by atoms with van der Waals surface area (Å²) < 4.78 is 37.9. The minimum Gasteiger partial charge on any atom is -0.496 e. The van der Waals surface area contributed by atoms with Crippen LogP contribution in [-0.4, -0.2) is 226 Å². The SMILES string of the molecule is COc1cc(-c2cn(C)c(=O)c3cnccc23)cc(OC)c1CN1CCN(C(=O)CCCCOc2cccc3c2C(=O)N(C2CCC(=O)NC2=O)C3=O)CC1.COc1cc(-c2cn(C)c(=O)c3cnccc23)cc(OC)c1CN1CCNCC1.O=C(O)CCCCOc1cccc2c1C(=O)N(C1CCC(=O)NC1=O)C2=O.O=CO.